The Balaban J connectivity index is 2.44. The largest absolute Gasteiger partial charge is 0.379 e. The summed E-state index contributed by atoms with van der Waals surface area (Å²) in [4.78, 5) is -0.0844. The molecule has 0 saturated heterocycles. The first-order valence-corrected chi connectivity index (χ1v) is 11.1. The van der Waals surface area contributed by atoms with Gasteiger partial charge in [0, 0.05) is 11.3 Å². The highest BCUT2D eigenvalue weighted by Crippen LogP contribution is 2.33. The predicted octanol–water partition coefficient (Wildman–Crippen LogP) is 3.94. The third-order valence-corrected chi connectivity index (χ3v) is 6.44. The van der Waals surface area contributed by atoms with Crippen LogP contribution in [-0.4, -0.2) is 23.1 Å². The van der Waals surface area contributed by atoms with Crippen LogP contribution >= 0.6 is 11.6 Å². The second-order valence-electron chi connectivity index (χ2n) is 6.07. The Labute approximate surface area is 153 Å². The van der Waals surface area contributed by atoms with Crippen molar-refractivity contribution in [1.82, 2.24) is 0 Å². The molecular weight excluding hydrogens is 384 g/mol. The molecule has 0 radical (unpaired) electrons. The Hall–Kier alpha value is -1.57. The molecule has 0 aliphatic heterocycles. The molecule has 0 amide bonds. The number of benzene rings is 2. The summed E-state index contributed by atoms with van der Waals surface area (Å²) in [5.41, 5.74) is 1.37. The van der Waals surface area contributed by atoms with Gasteiger partial charge in [0.15, 0.2) is 9.84 Å². The quantitative estimate of drug-likeness (QED) is 0.708. The van der Waals surface area contributed by atoms with Crippen LogP contribution in [0.1, 0.15) is 30.9 Å². The number of aryl methyl sites for hydroxylation is 1. The molecule has 2 rings (SSSR count). The van der Waals surface area contributed by atoms with E-state index in [0.717, 1.165) is 6.26 Å². The Morgan fingerprint density at radius 2 is 1.48 bits per heavy atom. The van der Waals surface area contributed by atoms with E-state index in [1.54, 1.807) is 19.1 Å². The van der Waals surface area contributed by atoms with Crippen LogP contribution in [0.5, 0.6) is 5.75 Å². The van der Waals surface area contributed by atoms with Gasteiger partial charge >= 0.3 is 10.1 Å². The lowest BCUT2D eigenvalue weighted by Gasteiger charge is -2.15. The lowest BCUT2D eigenvalue weighted by molar-refractivity contribution is 0.481. The van der Waals surface area contributed by atoms with Gasteiger partial charge in [-0.15, -0.1) is 0 Å². The van der Waals surface area contributed by atoms with E-state index in [2.05, 4.69) is 0 Å². The molecule has 0 spiro atoms. The first-order chi connectivity index (χ1) is 11.4. The first-order valence-electron chi connectivity index (χ1n) is 7.46. The highest BCUT2D eigenvalue weighted by molar-refractivity contribution is 7.90. The molecule has 0 aliphatic carbocycles. The van der Waals surface area contributed by atoms with E-state index in [1.807, 2.05) is 13.8 Å². The molecule has 0 saturated carbocycles. The van der Waals surface area contributed by atoms with Gasteiger partial charge < -0.3 is 4.18 Å². The Kier molecular flexibility index (Phi) is 5.51. The van der Waals surface area contributed by atoms with Crippen molar-refractivity contribution in [3.63, 3.8) is 0 Å². The van der Waals surface area contributed by atoms with Gasteiger partial charge in [0.25, 0.3) is 0 Å². The summed E-state index contributed by atoms with van der Waals surface area (Å²) in [6.07, 6.45) is 1.05. The molecule has 8 heteroatoms. The van der Waals surface area contributed by atoms with Crippen molar-refractivity contribution in [1.29, 1.82) is 0 Å². The standard InChI is InChI=1S/C17H19ClO5S2/c1-11(2)15-10-16(18)12(3)9-17(15)23-25(21,22)14-7-5-13(6-8-14)24(4,19)20/h5-11H,1-4H3. The molecule has 0 N–H and O–H groups in total. The van der Waals surface area contributed by atoms with Crippen molar-refractivity contribution < 1.29 is 21.0 Å². The lowest BCUT2D eigenvalue weighted by atomic mass is 10.0. The fourth-order valence-electron chi connectivity index (χ4n) is 2.21. The summed E-state index contributed by atoms with van der Waals surface area (Å²) in [6.45, 7) is 5.57. The number of hydrogen-bond donors (Lipinski definition) is 0. The molecule has 0 fully saturated rings. The van der Waals surface area contributed by atoms with Crippen molar-refractivity contribution in [3.05, 3.63) is 52.5 Å². The van der Waals surface area contributed by atoms with Crippen LogP contribution in [-0.2, 0) is 20.0 Å². The van der Waals surface area contributed by atoms with Gasteiger partial charge in [-0.25, -0.2) is 8.42 Å². The van der Waals surface area contributed by atoms with E-state index in [-0.39, 0.29) is 21.5 Å². The van der Waals surface area contributed by atoms with Gasteiger partial charge in [-0.3, -0.25) is 0 Å². The topological polar surface area (TPSA) is 77.5 Å². The van der Waals surface area contributed by atoms with Gasteiger partial charge in [0.1, 0.15) is 10.6 Å². The Morgan fingerprint density at radius 1 is 0.960 bits per heavy atom. The van der Waals surface area contributed by atoms with Crippen LogP contribution in [0.4, 0.5) is 0 Å². The average molecular weight is 403 g/mol. The number of hydrogen-bond acceptors (Lipinski definition) is 5. The Morgan fingerprint density at radius 3 is 1.96 bits per heavy atom. The summed E-state index contributed by atoms with van der Waals surface area (Å²) in [5.74, 6) is 0.222. The zero-order valence-electron chi connectivity index (χ0n) is 14.3. The summed E-state index contributed by atoms with van der Waals surface area (Å²) >= 11 is 6.12. The van der Waals surface area contributed by atoms with Crippen LogP contribution in [0.25, 0.3) is 0 Å². The summed E-state index contributed by atoms with van der Waals surface area (Å²) in [7, 11) is -7.50. The lowest BCUT2D eigenvalue weighted by Crippen LogP contribution is -2.12. The van der Waals surface area contributed by atoms with E-state index in [4.69, 9.17) is 15.8 Å². The second-order valence-corrected chi connectivity index (χ2v) is 10.0. The van der Waals surface area contributed by atoms with Crippen LogP contribution in [0.2, 0.25) is 5.02 Å². The normalized spacial score (nSPS) is 12.4. The van der Waals surface area contributed by atoms with E-state index >= 15 is 0 Å². The third-order valence-electron chi connectivity index (χ3n) is 3.65. The monoisotopic (exact) mass is 402 g/mol. The molecule has 0 heterocycles. The molecule has 0 bridgehead atoms. The summed E-state index contributed by atoms with van der Waals surface area (Å²) < 4.78 is 53.3. The molecule has 0 unspecified atom stereocenters. The first kappa shape index (κ1) is 19.8. The van der Waals surface area contributed by atoms with Crippen molar-refractivity contribution in [2.45, 2.75) is 36.5 Å². The molecule has 0 aromatic heterocycles. The highest BCUT2D eigenvalue weighted by atomic mass is 35.5. The molecule has 2 aromatic carbocycles. The number of sulfone groups is 1. The average Bonchev–Trinajstić information content (AvgIpc) is 2.49. The maximum Gasteiger partial charge on any atom is 0.339 e. The zero-order chi connectivity index (χ0) is 19.0. The maximum atomic E-state index is 12.5. The van der Waals surface area contributed by atoms with E-state index in [1.165, 1.54) is 24.3 Å². The van der Waals surface area contributed by atoms with Crippen LogP contribution in [0.3, 0.4) is 0 Å². The van der Waals surface area contributed by atoms with E-state index in [0.29, 0.717) is 16.1 Å². The molecule has 5 nitrogen and oxygen atoms in total. The zero-order valence-corrected chi connectivity index (χ0v) is 16.7. The molecule has 136 valence electrons. The summed E-state index contributed by atoms with van der Waals surface area (Å²) in [6, 6.07) is 8.18. The number of rotatable bonds is 5. The van der Waals surface area contributed by atoms with Gasteiger partial charge in [0.05, 0.1) is 4.90 Å². The third kappa shape index (κ3) is 4.54. The molecule has 2 aromatic rings. The fourth-order valence-corrected chi connectivity index (χ4v) is 3.96. The highest BCUT2D eigenvalue weighted by Gasteiger charge is 2.21. The minimum atomic E-state index is -4.10. The molecule has 0 aliphatic rings. The molecule has 25 heavy (non-hydrogen) atoms. The fraction of sp³-hybridized carbons (Fsp3) is 0.294. The Bertz CT molecular complexity index is 992. The minimum Gasteiger partial charge on any atom is -0.379 e. The second kappa shape index (κ2) is 6.97. The van der Waals surface area contributed by atoms with Crippen molar-refractivity contribution in [2.24, 2.45) is 0 Å². The molecule has 0 atom stereocenters. The van der Waals surface area contributed by atoms with Crippen molar-refractivity contribution >= 4 is 31.6 Å². The minimum absolute atomic E-state index is 0.0101. The van der Waals surface area contributed by atoms with Crippen LogP contribution in [0.15, 0.2) is 46.2 Å². The van der Waals surface area contributed by atoms with Gasteiger partial charge in [-0.1, -0.05) is 25.4 Å². The molecular formula is C17H19ClO5S2. The number of halogens is 1. The van der Waals surface area contributed by atoms with Gasteiger partial charge in [-0.05, 0) is 60.4 Å². The smallest absolute Gasteiger partial charge is 0.339 e. The van der Waals surface area contributed by atoms with Crippen LogP contribution < -0.4 is 4.18 Å². The summed E-state index contributed by atoms with van der Waals surface area (Å²) in [5, 5.41) is 0.533. The van der Waals surface area contributed by atoms with E-state index in [9.17, 15) is 16.8 Å². The van der Waals surface area contributed by atoms with Crippen molar-refractivity contribution in [2.75, 3.05) is 6.26 Å². The van der Waals surface area contributed by atoms with Crippen molar-refractivity contribution in [3.8, 4) is 5.75 Å². The maximum absolute atomic E-state index is 12.5. The van der Waals surface area contributed by atoms with Gasteiger partial charge in [-0.2, -0.15) is 8.42 Å². The predicted molar refractivity (Wildman–Crippen MR) is 97.6 cm³/mol. The SMILES string of the molecule is Cc1cc(OS(=O)(=O)c2ccc(S(C)(=O)=O)cc2)c(C(C)C)cc1Cl. The van der Waals surface area contributed by atoms with Gasteiger partial charge in [0.2, 0.25) is 0 Å². The van der Waals surface area contributed by atoms with E-state index < -0.39 is 20.0 Å². The van der Waals surface area contributed by atoms with Crippen LogP contribution in [0, 0.1) is 6.92 Å².